The van der Waals surface area contributed by atoms with Gasteiger partial charge in [0.25, 0.3) is 5.95 Å². The van der Waals surface area contributed by atoms with Gasteiger partial charge in [0.15, 0.2) is 0 Å². The molecule has 0 N–H and O–H groups in total. The van der Waals surface area contributed by atoms with Gasteiger partial charge in [-0.15, -0.1) is 11.6 Å². The van der Waals surface area contributed by atoms with Crippen molar-refractivity contribution in [2.24, 2.45) is 0 Å². The van der Waals surface area contributed by atoms with Gasteiger partial charge in [0, 0.05) is 31.4 Å². The normalized spacial score (nSPS) is 17.0. The summed E-state index contributed by atoms with van der Waals surface area (Å²) in [6, 6.07) is 0. The van der Waals surface area contributed by atoms with E-state index in [1.807, 2.05) is 0 Å². The highest BCUT2D eigenvalue weighted by molar-refractivity contribution is 6.27. The molecule has 2 rings (SSSR count). The maximum atomic E-state index is 13.9. The molecule has 0 bridgehead atoms. The van der Waals surface area contributed by atoms with Gasteiger partial charge in [0.05, 0.1) is 11.6 Å². The van der Waals surface area contributed by atoms with Gasteiger partial charge in [0.1, 0.15) is 5.78 Å². The molecule has 8 heteroatoms. The smallest absolute Gasteiger partial charge is 0.253 e. The number of Topliss-reactive ketones (excluding diaryl/α,β-unsaturated/α-hetero) is 1. The van der Waals surface area contributed by atoms with Crippen molar-refractivity contribution < 1.29 is 22.8 Å². The Bertz CT molecular complexity index is 610. The van der Waals surface area contributed by atoms with Crippen LogP contribution in [0, 0.1) is 17.7 Å². The summed E-state index contributed by atoms with van der Waals surface area (Å²) in [5, 5.41) is 0. The van der Waals surface area contributed by atoms with Crippen LogP contribution in [0.4, 0.5) is 18.9 Å². The Morgan fingerprint density at radius 2 is 2.00 bits per heavy atom. The second-order valence-corrected chi connectivity index (χ2v) is 5.07. The van der Waals surface area contributed by atoms with Gasteiger partial charge in [-0.25, -0.2) is 0 Å². The van der Waals surface area contributed by atoms with Crippen molar-refractivity contribution in [3.8, 4) is 0 Å². The van der Waals surface area contributed by atoms with Crippen LogP contribution in [0.15, 0.2) is 0 Å². The molecule has 1 unspecified atom stereocenters. The standard InChI is InChI=1S/C13H12ClF3N2O2/c1-6(20)19-5-7(2-3-8(21)4-14)9-11(19)10(15)13(17)18-12(9)16/h7H,2-5H2,1H3. The summed E-state index contributed by atoms with van der Waals surface area (Å²) in [4.78, 5) is 26.6. The maximum Gasteiger partial charge on any atom is 0.253 e. The van der Waals surface area contributed by atoms with Crippen LogP contribution < -0.4 is 4.90 Å². The summed E-state index contributed by atoms with van der Waals surface area (Å²) in [5.41, 5.74) is -0.581. The molecule has 1 aliphatic rings. The molecule has 1 aromatic rings. The van der Waals surface area contributed by atoms with Crippen molar-refractivity contribution in [2.45, 2.75) is 25.7 Å². The van der Waals surface area contributed by atoms with Gasteiger partial charge in [-0.2, -0.15) is 18.2 Å². The second kappa shape index (κ2) is 6.01. The number of ketones is 1. The van der Waals surface area contributed by atoms with Crippen LogP contribution in [0.3, 0.4) is 0 Å². The van der Waals surface area contributed by atoms with Crippen LogP contribution in [0.5, 0.6) is 0 Å². The fraction of sp³-hybridized carbons (Fsp3) is 0.462. The number of hydrogen-bond acceptors (Lipinski definition) is 3. The molecule has 0 saturated carbocycles. The summed E-state index contributed by atoms with van der Waals surface area (Å²) in [6.45, 7) is 1.16. The molecule has 0 aliphatic carbocycles. The lowest BCUT2D eigenvalue weighted by molar-refractivity contribution is -0.117. The average Bonchev–Trinajstić information content (AvgIpc) is 2.82. The van der Waals surface area contributed by atoms with E-state index in [0.717, 1.165) is 4.90 Å². The van der Waals surface area contributed by atoms with Crippen LogP contribution in [-0.4, -0.2) is 29.1 Å². The van der Waals surface area contributed by atoms with Crippen LogP contribution in [-0.2, 0) is 9.59 Å². The number of anilines is 1. The van der Waals surface area contributed by atoms with Crippen molar-refractivity contribution in [3.05, 3.63) is 23.3 Å². The molecule has 1 aliphatic heterocycles. The monoisotopic (exact) mass is 320 g/mol. The number of carbonyl (C=O) groups excluding carboxylic acids is 2. The van der Waals surface area contributed by atoms with E-state index in [0.29, 0.717) is 0 Å². The molecule has 0 spiro atoms. The van der Waals surface area contributed by atoms with Gasteiger partial charge in [0.2, 0.25) is 17.7 Å². The predicted octanol–water partition coefficient (Wildman–Crippen LogP) is 2.54. The van der Waals surface area contributed by atoms with Gasteiger partial charge < -0.3 is 4.90 Å². The minimum atomic E-state index is -1.59. The van der Waals surface area contributed by atoms with Crippen molar-refractivity contribution in [1.82, 2.24) is 4.98 Å². The minimum absolute atomic E-state index is 0.0147. The fourth-order valence-corrected chi connectivity index (χ4v) is 2.60. The van der Waals surface area contributed by atoms with Crippen molar-refractivity contribution >= 4 is 29.0 Å². The molecule has 21 heavy (non-hydrogen) atoms. The highest BCUT2D eigenvalue weighted by Crippen LogP contribution is 2.42. The average molecular weight is 321 g/mol. The SMILES string of the molecule is CC(=O)N1CC(CCC(=O)CCl)c2c(F)nc(F)c(F)c21. The molecular formula is C13H12ClF3N2O2. The first-order valence-electron chi connectivity index (χ1n) is 6.27. The van der Waals surface area contributed by atoms with Gasteiger partial charge in [-0.05, 0) is 6.42 Å². The number of aromatic nitrogens is 1. The van der Waals surface area contributed by atoms with Crippen LogP contribution in [0.2, 0.25) is 0 Å². The molecule has 114 valence electrons. The number of pyridine rings is 1. The lowest BCUT2D eigenvalue weighted by Gasteiger charge is -2.15. The highest BCUT2D eigenvalue weighted by Gasteiger charge is 2.38. The maximum absolute atomic E-state index is 13.9. The lowest BCUT2D eigenvalue weighted by atomic mass is 9.96. The van der Waals surface area contributed by atoms with E-state index in [1.165, 1.54) is 6.92 Å². The topological polar surface area (TPSA) is 50.3 Å². The number of nitrogens with zero attached hydrogens (tertiary/aromatic N) is 2. The minimum Gasteiger partial charge on any atom is -0.309 e. The second-order valence-electron chi connectivity index (χ2n) is 4.81. The Balaban J connectivity index is 2.41. The van der Waals surface area contributed by atoms with E-state index in [2.05, 4.69) is 4.98 Å². The molecule has 0 saturated heterocycles. The Hall–Kier alpha value is -1.63. The number of rotatable bonds is 4. The highest BCUT2D eigenvalue weighted by atomic mass is 35.5. The zero-order valence-electron chi connectivity index (χ0n) is 11.1. The third kappa shape index (κ3) is 2.88. The number of fused-ring (bicyclic) bond motifs is 1. The van der Waals surface area contributed by atoms with Gasteiger partial charge in [-0.1, -0.05) is 0 Å². The molecule has 2 heterocycles. The number of carbonyl (C=O) groups is 2. The number of alkyl halides is 1. The van der Waals surface area contributed by atoms with Crippen LogP contribution in [0.1, 0.15) is 31.2 Å². The molecule has 1 amide bonds. The third-order valence-corrected chi connectivity index (χ3v) is 3.74. The zero-order chi connectivity index (χ0) is 15.7. The first-order chi connectivity index (χ1) is 9.86. The molecule has 0 aromatic carbocycles. The van der Waals surface area contributed by atoms with E-state index in [1.54, 1.807) is 0 Å². The van der Waals surface area contributed by atoms with Gasteiger partial charge in [-0.3, -0.25) is 9.59 Å². The van der Waals surface area contributed by atoms with E-state index >= 15 is 0 Å². The summed E-state index contributed by atoms with van der Waals surface area (Å²) >= 11 is 5.38. The summed E-state index contributed by atoms with van der Waals surface area (Å²) in [7, 11) is 0. The van der Waals surface area contributed by atoms with Crippen molar-refractivity contribution in [2.75, 3.05) is 17.3 Å². The molecule has 4 nitrogen and oxygen atoms in total. The zero-order valence-corrected chi connectivity index (χ0v) is 11.9. The van der Waals surface area contributed by atoms with Crippen LogP contribution >= 0.6 is 11.6 Å². The Kier molecular flexibility index (Phi) is 4.51. The summed E-state index contributed by atoms with van der Waals surface area (Å²) in [5.74, 6) is -5.66. The number of amides is 1. The molecule has 1 atom stereocenters. The first kappa shape index (κ1) is 15.8. The third-order valence-electron chi connectivity index (χ3n) is 3.44. The Morgan fingerprint density at radius 3 is 2.57 bits per heavy atom. The molecule has 0 radical (unpaired) electrons. The van der Waals surface area contributed by atoms with E-state index in [9.17, 15) is 22.8 Å². The molecule has 1 aromatic heterocycles. The quantitative estimate of drug-likeness (QED) is 0.633. The molecular weight excluding hydrogens is 309 g/mol. The first-order valence-corrected chi connectivity index (χ1v) is 6.80. The van der Waals surface area contributed by atoms with Crippen molar-refractivity contribution in [1.29, 1.82) is 0 Å². The van der Waals surface area contributed by atoms with E-state index in [4.69, 9.17) is 11.6 Å². The largest absolute Gasteiger partial charge is 0.309 e. The van der Waals surface area contributed by atoms with Gasteiger partial charge >= 0.3 is 0 Å². The van der Waals surface area contributed by atoms with Crippen molar-refractivity contribution in [3.63, 3.8) is 0 Å². The fourth-order valence-electron chi connectivity index (χ4n) is 2.46. The summed E-state index contributed by atoms with van der Waals surface area (Å²) < 4.78 is 40.9. The number of halogens is 4. The molecule has 0 fully saturated rings. The summed E-state index contributed by atoms with van der Waals surface area (Å²) in [6.07, 6.45) is 0.254. The lowest BCUT2D eigenvalue weighted by Crippen LogP contribution is -2.28. The van der Waals surface area contributed by atoms with Crippen LogP contribution in [0.25, 0.3) is 0 Å². The number of hydrogen-bond donors (Lipinski definition) is 0. The van der Waals surface area contributed by atoms with E-state index in [-0.39, 0.29) is 36.6 Å². The predicted molar refractivity (Wildman–Crippen MR) is 69.8 cm³/mol. The van der Waals surface area contributed by atoms with E-state index < -0.39 is 35.2 Å². The Labute approximate surface area is 123 Å². The Morgan fingerprint density at radius 1 is 1.33 bits per heavy atom.